The van der Waals surface area contributed by atoms with Crippen molar-refractivity contribution in [2.75, 3.05) is 26.5 Å². The van der Waals surface area contributed by atoms with Gasteiger partial charge in [0.1, 0.15) is 6.10 Å². The highest BCUT2D eigenvalue weighted by atomic mass is 32.2. The van der Waals surface area contributed by atoms with Crippen LogP contribution in [0.2, 0.25) is 0 Å². The Morgan fingerprint density at radius 2 is 1.50 bits per heavy atom. The molecule has 0 aliphatic carbocycles. The molecule has 1 aromatic rings. The largest absolute Gasteiger partial charge is 0.493 e. The fourth-order valence-electron chi connectivity index (χ4n) is 3.78. The summed E-state index contributed by atoms with van der Waals surface area (Å²) in [7, 11) is -0.926. The summed E-state index contributed by atoms with van der Waals surface area (Å²) in [5, 5.41) is 2.55. The molecule has 0 spiro atoms. The monoisotopic (exact) mass is 501 g/mol. The Hall–Kier alpha value is -2.00. The molecule has 0 heterocycles. The van der Waals surface area contributed by atoms with Gasteiger partial charge in [0.05, 0.1) is 20.0 Å². The second-order valence-corrected chi connectivity index (χ2v) is 10.1. The van der Waals surface area contributed by atoms with E-state index in [0.29, 0.717) is 17.9 Å². The molecule has 1 unspecified atom stereocenters. The van der Waals surface area contributed by atoms with Crippen LogP contribution >= 0.6 is 0 Å². The first-order valence-electron chi connectivity index (χ1n) is 12.4. The molecule has 0 fully saturated rings. The number of amides is 1. The van der Waals surface area contributed by atoms with Crippen LogP contribution in [0.4, 0.5) is 4.79 Å². The zero-order valence-electron chi connectivity index (χ0n) is 21.0. The lowest BCUT2D eigenvalue weighted by Crippen LogP contribution is -2.28. The molecule has 0 aliphatic rings. The van der Waals surface area contributed by atoms with Crippen LogP contribution in [0.1, 0.15) is 95.6 Å². The number of rotatable bonds is 19. The summed E-state index contributed by atoms with van der Waals surface area (Å²) in [6, 6.07) is 5.45. The fourth-order valence-corrected chi connectivity index (χ4v) is 4.29. The van der Waals surface area contributed by atoms with E-state index in [4.69, 9.17) is 18.8 Å². The van der Waals surface area contributed by atoms with E-state index in [9.17, 15) is 13.2 Å². The van der Waals surface area contributed by atoms with Crippen molar-refractivity contribution in [3.05, 3.63) is 23.8 Å². The standard InChI is InChI=1S/C25H43NO7S/c1-4-5-6-7-8-9-10-11-12-13-15-22(21-16-17-23(31-2)24(20-21)32-3)33-25(27)26-18-14-19-34(28,29)30/h16-17,20,22H,4-15,18-19H2,1-3H3,(H,26,27)(H,28,29,30). The second-order valence-electron chi connectivity index (χ2n) is 8.55. The molecule has 1 aromatic carbocycles. The second kappa shape index (κ2) is 17.4. The Morgan fingerprint density at radius 1 is 0.912 bits per heavy atom. The minimum atomic E-state index is -4.05. The highest BCUT2D eigenvalue weighted by Gasteiger charge is 2.19. The molecule has 0 saturated carbocycles. The van der Waals surface area contributed by atoms with Gasteiger partial charge in [-0.25, -0.2) is 4.79 Å². The number of carbonyl (C=O) groups is 1. The van der Waals surface area contributed by atoms with Crippen LogP contribution in [0.3, 0.4) is 0 Å². The van der Waals surface area contributed by atoms with Crippen molar-refractivity contribution >= 4 is 16.2 Å². The number of carbonyl (C=O) groups excluding carboxylic acids is 1. The minimum absolute atomic E-state index is 0.0928. The first kappa shape index (κ1) is 30.0. The Morgan fingerprint density at radius 3 is 2.06 bits per heavy atom. The third-order valence-electron chi connectivity index (χ3n) is 5.70. The molecule has 196 valence electrons. The molecule has 0 bridgehead atoms. The summed E-state index contributed by atoms with van der Waals surface area (Å²) in [6.07, 6.45) is 11.9. The number of hydrogen-bond donors (Lipinski definition) is 2. The summed E-state index contributed by atoms with van der Waals surface area (Å²) in [5.41, 5.74) is 0.807. The molecule has 2 N–H and O–H groups in total. The van der Waals surface area contributed by atoms with Crippen molar-refractivity contribution in [1.82, 2.24) is 5.32 Å². The number of unbranched alkanes of at least 4 members (excludes halogenated alkanes) is 9. The molecule has 0 radical (unpaired) electrons. The van der Waals surface area contributed by atoms with E-state index in [1.807, 2.05) is 12.1 Å². The lowest BCUT2D eigenvalue weighted by molar-refractivity contribution is 0.0906. The Labute approximate surface area is 205 Å². The average molecular weight is 502 g/mol. The molecule has 1 rings (SSSR count). The Bertz CT molecular complexity index is 798. The fraction of sp³-hybridized carbons (Fsp3) is 0.720. The highest BCUT2D eigenvalue weighted by Crippen LogP contribution is 2.33. The van der Waals surface area contributed by atoms with E-state index in [1.165, 1.54) is 44.9 Å². The first-order valence-corrected chi connectivity index (χ1v) is 14.0. The SMILES string of the molecule is CCCCCCCCCCCCC(OC(=O)NCCCS(=O)(=O)O)c1ccc(OC)c(OC)c1. The van der Waals surface area contributed by atoms with Crippen LogP contribution in [-0.4, -0.2) is 45.6 Å². The zero-order valence-corrected chi connectivity index (χ0v) is 21.8. The molecule has 34 heavy (non-hydrogen) atoms. The maximum atomic E-state index is 12.3. The normalized spacial score (nSPS) is 12.2. The average Bonchev–Trinajstić information content (AvgIpc) is 2.81. The van der Waals surface area contributed by atoms with E-state index in [2.05, 4.69) is 12.2 Å². The van der Waals surface area contributed by atoms with Crippen molar-refractivity contribution in [2.45, 2.75) is 90.1 Å². The molecule has 9 heteroatoms. The van der Waals surface area contributed by atoms with Crippen LogP contribution in [-0.2, 0) is 14.9 Å². The highest BCUT2D eigenvalue weighted by molar-refractivity contribution is 7.85. The minimum Gasteiger partial charge on any atom is -0.493 e. The number of hydrogen-bond acceptors (Lipinski definition) is 6. The van der Waals surface area contributed by atoms with Crippen LogP contribution < -0.4 is 14.8 Å². The summed E-state index contributed by atoms with van der Waals surface area (Å²) < 4.78 is 46.8. The topological polar surface area (TPSA) is 111 Å². The van der Waals surface area contributed by atoms with Gasteiger partial charge < -0.3 is 19.5 Å². The number of methoxy groups -OCH3 is 2. The van der Waals surface area contributed by atoms with Crippen LogP contribution in [0.5, 0.6) is 11.5 Å². The van der Waals surface area contributed by atoms with Crippen molar-refractivity contribution in [3.8, 4) is 11.5 Å². The van der Waals surface area contributed by atoms with Crippen LogP contribution in [0.15, 0.2) is 18.2 Å². The van der Waals surface area contributed by atoms with Gasteiger partial charge in [0.15, 0.2) is 11.5 Å². The van der Waals surface area contributed by atoms with Gasteiger partial charge in [0.25, 0.3) is 10.1 Å². The van der Waals surface area contributed by atoms with E-state index in [0.717, 1.165) is 24.8 Å². The lowest BCUT2D eigenvalue weighted by atomic mass is 10.0. The Kier molecular flexibility index (Phi) is 15.4. The van der Waals surface area contributed by atoms with Gasteiger partial charge in [-0.1, -0.05) is 70.8 Å². The maximum absolute atomic E-state index is 12.3. The quantitative estimate of drug-likeness (QED) is 0.175. The zero-order chi connectivity index (χ0) is 25.2. The van der Waals surface area contributed by atoms with E-state index in [-0.39, 0.29) is 13.0 Å². The molecule has 0 aromatic heterocycles. The predicted octanol–water partition coefficient (Wildman–Crippen LogP) is 6.06. The molecule has 0 saturated heterocycles. The predicted molar refractivity (Wildman–Crippen MR) is 134 cm³/mol. The number of benzene rings is 1. The summed E-state index contributed by atoms with van der Waals surface area (Å²) >= 11 is 0. The van der Waals surface area contributed by atoms with Crippen molar-refractivity contribution < 1.29 is 32.0 Å². The Balaban J connectivity index is 2.57. The lowest BCUT2D eigenvalue weighted by Gasteiger charge is -2.20. The smallest absolute Gasteiger partial charge is 0.407 e. The van der Waals surface area contributed by atoms with E-state index in [1.54, 1.807) is 20.3 Å². The van der Waals surface area contributed by atoms with Gasteiger partial charge in [0, 0.05) is 6.54 Å². The van der Waals surface area contributed by atoms with E-state index >= 15 is 0 Å². The van der Waals surface area contributed by atoms with Crippen LogP contribution in [0.25, 0.3) is 0 Å². The third kappa shape index (κ3) is 13.6. The molecule has 8 nitrogen and oxygen atoms in total. The molecular weight excluding hydrogens is 458 g/mol. The van der Waals surface area contributed by atoms with E-state index < -0.39 is 28.1 Å². The van der Waals surface area contributed by atoms with Crippen LogP contribution in [0, 0.1) is 0 Å². The van der Waals surface area contributed by atoms with Crippen molar-refractivity contribution in [3.63, 3.8) is 0 Å². The van der Waals surface area contributed by atoms with Gasteiger partial charge in [0.2, 0.25) is 0 Å². The molecule has 0 aliphatic heterocycles. The van der Waals surface area contributed by atoms with Crippen molar-refractivity contribution in [2.24, 2.45) is 0 Å². The third-order valence-corrected chi connectivity index (χ3v) is 6.50. The molecular formula is C25H43NO7S. The summed E-state index contributed by atoms with van der Waals surface area (Å²) in [5.74, 6) is 0.745. The van der Waals surface area contributed by atoms with Gasteiger partial charge in [-0.3, -0.25) is 4.55 Å². The number of nitrogens with one attached hydrogen (secondary N) is 1. The van der Waals surface area contributed by atoms with Gasteiger partial charge >= 0.3 is 6.09 Å². The first-order chi connectivity index (χ1) is 16.3. The van der Waals surface area contributed by atoms with Gasteiger partial charge in [-0.15, -0.1) is 0 Å². The molecule has 1 amide bonds. The number of ether oxygens (including phenoxy) is 3. The van der Waals surface area contributed by atoms with Gasteiger partial charge in [-0.2, -0.15) is 8.42 Å². The van der Waals surface area contributed by atoms with Gasteiger partial charge in [-0.05, 0) is 37.0 Å². The summed E-state index contributed by atoms with van der Waals surface area (Å²) in [4.78, 5) is 12.3. The maximum Gasteiger partial charge on any atom is 0.407 e. The summed E-state index contributed by atoms with van der Waals surface area (Å²) in [6.45, 7) is 2.32. The number of alkyl carbamates (subject to hydrolysis) is 1. The van der Waals surface area contributed by atoms with Crippen molar-refractivity contribution in [1.29, 1.82) is 0 Å². The molecule has 1 atom stereocenters.